The average molecular weight is 435 g/mol. The number of hydrogen-bond donors (Lipinski definition) is 1. The third kappa shape index (κ3) is 4.68. The Balaban J connectivity index is 1.40. The number of benzene rings is 1. The zero-order valence-electron chi connectivity index (χ0n) is 15.8. The summed E-state index contributed by atoms with van der Waals surface area (Å²) in [6.45, 7) is 0.906. The van der Waals surface area contributed by atoms with Crippen molar-refractivity contribution in [2.24, 2.45) is 5.92 Å². The molecule has 0 unspecified atom stereocenters. The van der Waals surface area contributed by atoms with Crippen molar-refractivity contribution in [1.29, 1.82) is 0 Å². The molecule has 9 heteroatoms. The lowest BCUT2D eigenvalue weighted by molar-refractivity contribution is -0.142. The van der Waals surface area contributed by atoms with E-state index in [2.05, 4.69) is 5.32 Å². The Hall–Kier alpha value is -2.23. The first-order valence-electron chi connectivity index (χ1n) is 9.53. The molecule has 29 heavy (non-hydrogen) atoms. The van der Waals surface area contributed by atoms with Crippen molar-refractivity contribution < 1.29 is 22.7 Å². The fourth-order valence-corrected chi connectivity index (χ4v) is 5.53. The van der Waals surface area contributed by atoms with Crippen molar-refractivity contribution in [2.75, 3.05) is 19.7 Å². The fourth-order valence-electron chi connectivity index (χ4n) is 3.18. The molecule has 1 aliphatic heterocycles. The lowest BCUT2D eigenvalue weighted by Gasteiger charge is -2.26. The number of amides is 1. The maximum absolute atomic E-state index is 13.0. The summed E-state index contributed by atoms with van der Waals surface area (Å²) in [6, 6.07) is 7.85. The molecule has 0 atom stereocenters. The Morgan fingerprint density at radius 1 is 1.24 bits per heavy atom. The minimum absolute atomic E-state index is 0.0696. The van der Waals surface area contributed by atoms with E-state index in [-0.39, 0.29) is 17.0 Å². The molecule has 1 aromatic heterocycles. The molecule has 1 amide bonds. The monoisotopic (exact) mass is 434 g/mol. The van der Waals surface area contributed by atoms with Crippen LogP contribution in [0.1, 0.15) is 33.6 Å². The van der Waals surface area contributed by atoms with Crippen LogP contribution < -0.4 is 5.32 Å². The van der Waals surface area contributed by atoms with E-state index in [1.807, 2.05) is 11.4 Å². The third-order valence-electron chi connectivity index (χ3n) is 5.08. The molecular formula is C20H22N2O5S2. The largest absolute Gasteiger partial charge is 0.464 e. The first kappa shape index (κ1) is 20.1. The van der Waals surface area contributed by atoms with E-state index in [0.717, 1.165) is 18.4 Å². The Kier molecular flexibility index (Phi) is 5.71. The molecule has 1 N–H and O–H groups in total. The van der Waals surface area contributed by atoms with Gasteiger partial charge in [0.1, 0.15) is 6.54 Å². The molecule has 1 aliphatic carbocycles. The van der Waals surface area contributed by atoms with Crippen LogP contribution in [-0.2, 0) is 32.5 Å². The van der Waals surface area contributed by atoms with Gasteiger partial charge in [-0.2, -0.15) is 4.31 Å². The lowest BCUT2D eigenvalue weighted by Crippen LogP contribution is -2.35. The van der Waals surface area contributed by atoms with Gasteiger partial charge in [-0.15, -0.1) is 11.3 Å². The SMILES string of the molecule is O=C(CNC(=O)c1cccc(S(=O)(=O)N2CCc3sccc3C2)c1)OCC1CC1. The summed E-state index contributed by atoms with van der Waals surface area (Å²) in [4.78, 5) is 25.3. The zero-order valence-corrected chi connectivity index (χ0v) is 17.4. The van der Waals surface area contributed by atoms with Gasteiger partial charge in [0, 0.05) is 23.5 Å². The van der Waals surface area contributed by atoms with E-state index >= 15 is 0 Å². The summed E-state index contributed by atoms with van der Waals surface area (Å²) >= 11 is 1.64. The van der Waals surface area contributed by atoms with Crippen LogP contribution in [0.5, 0.6) is 0 Å². The van der Waals surface area contributed by atoms with E-state index in [1.165, 1.54) is 33.4 Å². The molecule has 4 rings (SSSR count). The molecule has 1 saturated carbocycles. The standard InChI is InChI=1S/C20H22N2O5S2/c23-19(27-13-14-4-5-14)11-21-20(24)15-2-1-3-17(10-15)29(25,26)22-8-6-18-16(12-22)7-9-28-18/h1-3,7,9-10,14H,4-6,8,11-13H2,(H,21,24). The first-order valence-corrected chi connectivity index (χ1v) is 11.8. The summed E-state index contributed by atoms with van der Waals surface area (Å²) in [5.41, 5.74) is 1.22. The van der Waals surface area contributed by atoms with Crippen LogP contribution in [-0.4, -0.2) is 44.3 Å². The van der Waals surface area contributed by atoms with Crippen molar-refractivity contribution >= 4 is 33.2 Å². The van der Waals surface area contributed by atoms with E-state index in [9.17, 15) is 18.0 Å². The number of rotatable bonds is 7. The number of carbonyl (C=O) groups excluding carboxylic acids is 2. The van der Waals surface area contributed by atoms with Crippen molar-refractivity contribution in [3.8, 4) is 0 Å². The summed E-state index contributed by atoms with van der Waals surface area (Å²) < 4.78 is 32.6. The normalized spacial score (nSPS) is 16.8. The number of ether oxygens (including phenoxy) is 1. The van der Waals surface area contributed by atoms with Crippen LogP contribution in [0.2, 0.25) is 0 Å². The second kappa shape index (κ2) is 8.25. The Labute approximate surface area is 173 Å². The third-order valence-corrected chi connectivity index (χ3v) is 7.94. The van der Waals surface area contributed by atoms with Crippen LogP contribution in [0.4, 0.5) is 0 Å². The van der Waals surface area contributed by atoms with Crippen molar-refractivity contribution in [2.45, 2.75) is 30.7 Å². The van der Waals surface area contributed by atoms with Crippen LogP contribution in [0.15, 0.2) is 40.6 Å². The Bertz CT molecular complexity index is 1030. The molecule has 1 fully saturated rings. The van der Waals surface area contributed by atoms with Crippen LogP contribution in [0.3, 0.4) is 0 Å². The molecule has 7 nitrogen and oxygen atoms in total. The van der Waals surface area contributed by atoms with E-state index in [1.54, 1.807) is 11.3 Å². The van der Waals surface area contributed by atoms with Gasteiger partial charge in [0.05, 0.1) is 11.5 Å². The molecule has 1 aromatic carbocycles. The number of sulfonamides is 1. The van der Waals surface area contributed by atoms with Gasteiger partial charge in [-0.05, 0) is 60.4 Å². The van der Waals surface area contributed by atoms with E-state index in [0.29, 0.717) is 32.0 Å². The zero-order chi connectivity index (χ0) is 20.4. The smallest absolute Gasteiger partial charge is 0.325 e. The highest BCUT2D eigenvalue weighted by Gasteiger charge is 2.29. The minimum Gasteiger partial charge on any atom is -0.464 e. The summed E-state index contributed by atoms with van der Waals surface area (Å²) in [5, 5.41) is 4.46. The number of thiophene rings is 1. The Morgan fingerprint density at radius 2 is 2.07 bits per heavy atom. The summed E-state index contributed by atoms with van der Waals surface area (Å²) in [6.07, 6.45) is 2.84. The topological polar surface area (TPSA) is 92.8 Å². The molecular weight excluding hydrogens is 412 g/mol. The molecule has 2 aromatic rings. The minimum atomic E-state index is -3.71. The number of nitrogens with zero attached hydrogens (tertiary/aromatic N) is 1. The number of carbonyl (C=O) groups is 2. The number of nitrogens with one attached hydrogen (secondary N) is 1. The van der Waals surface area contributed by atoms with Gasteiger partial charge < -0.3 is 10.1 Å². The Morgan fingerprint density at radius 3 is 2.86 bits per heavy atom. The van der Waals surface area contributed by atoms with Gasteiger partial charge in [0.25, 0.3) is 5.91 Å². The van der Waals surface area contributed by atoms with Crippen molar-refractivity contribution in [1.82, 2.24) is 9.62 Å². The van der Waals surface area contributed by atoms with Crippen molar-refractivity contribution in [3.05, 3.63) is 51.7 Å². The molecule has 0 spiro atoms. The predicted octanol–water partition coefficient (Wildman–Crippen LogP) is 2.18. The second-order valence-corrected chi connectivity index (χ2v) is 10.2. The van der Waals surface area contributed by atoms with Crippen molar-refractivity contribution in [3.63, 3.8) is 0 Å². The van der Waals surface area contributed by atoms with E-state index < -0.39 is 21.9 Å². The van der Waals surface area contributed by atoms with Gasteiger partial charge in [-0.25, -0.2) is 8.42 Å². The molecule has 0 radical (unpaired) electrons. The molecule has 2 heterocycles. The molecule has 0 bridgehead atoms. The number of hydrogen-bond acceptors (Lipinski definition) is 6. The highest BCUT2D eigenvalue weighted by atomic mass is 32.2. The predicted molar refractivity (Wildman–Crippen MR) is 108 cm³/mol. The van der Waals surface area contributed by atoms with Gasteiger partial charge >= 0.3 is 5.97 Å². The van der Waals surface area contributed by atoms with Gasteiger partial charge in [-0.3, -0.25) is 9.59 Å². The number of fused-ring (bicyclic) bond motifs is 1. The van der Waals surface area contributed by atoms with E-state index in [4.69, 9.17) is 4.74 Å². The second-order valence-electron chi connectivity index (χ2n) is 7.29. The fraction of sp³-hybridized carbons (Fsp3) is 0.400. The molecule has 154 valence electrons. The highest BCUT2D eigenvalue weighted by molar-refractivity contribution is 7.89. The maximum atomic E-state index is 13.0. The highest BCUT2D eigenvalue weighted by Crippen LogP contribution is 2.29. The van der Waals surface area contributed by atoms with Crippen LogP contribution in [0, 0.1) is 5.92 Å². The molecule has 2 aliphatic rings. The van der Waals surface area contributed by atoms with Crippen LogP contribution in [0.25, 0.3) is 0 Å². The van der Waals surface area contributed by atoms with Crippen LogP contribution >= 0.6 is 11.3 Å². The first-order chi connectivity index (χ1) is 13.9. The summed E-state index contributed by atoms with van der Waals surface area (Å²) in [5.74, 6) is -0.547. The van der Waals surface area contributed by atoms with Gasteiger partial charge in [0.15, 0.2) is 0 Å². The average Bonchev–Trinajstić information content (AvgIpc) is 3.44. The van der Waals surface area contributed by atoms with Gasteiger partial charge in [-0.1, -0.05) is 6.07 Å². The number of esters is 1. The quantitative estimate of drug-likeness (QED) is 0.675. The van der Waals surface area contributed by atoms with Gasteiger partial charge in [0.2, 0.25) is 10.0 Å². The summed E-state index contributed by atoms with van der Waals surface area (Å²) in [7, 11) is -3.71. The molecule has 0 saturated heterocycles. The maximum Gasteiger partial charge on any atom is 0.325 e. The lowest BCUT2D eigenvalue weighted by atomic mass is 10.1.